The molecule has 1 saturated carbocycles. The number of nitrogens with one attached hydrogen (secondary N) is 1. The first-order valence-electron chi connectivity index (χ1n) is 7.28. The molecule has 21 heavy (non-hydrogen) atoms. The van der Waals surface area contributed by atoms with Crippen molar-refractivity contribution >= 4 is 27.8 Å². The van der Waals surface area contributed by atoms with Crippen LogP contribution in [0.1, 0.15) is 49.6 Å². The standard InChI is InChI=1S/C15H21BrN2O3/c1-9(2)18-8-11(16)6-13(18)14(19)17-7-10-4-3-5-12(10)15(20)21/h6,8-10,12H,3-5,7H2,1-2H3,(H,17,19)(H,20,21). The van der Waals surface area contributed by atoms with E-state index in [-0.39, 0.29) is 23.8 Å². The summed E-state index contributed by atoms with van der Waals surface area (Å²) in [5.74, 6) is -1.18. The van der Waals surface area contributed by atoms with E-state index in [4.69, 9.17) is 5.11 Å². The predicted molar refractivity (Wildman–Crippen MR) is 83.3 cm³/mol. The van der Waals surface area contributed by atoms with Crippen LogP contribution in [0.3, 0.4) is 0 Å². The minimum Gasteiger partial charge on any atom is -0.481 e. The second-order valence-corrected chi connectivity index (χ2v) is 6.81. The summed E-state index contributed by atoms with van der Waals surface area (Å²) in [4.78, 5) is 23.5. The van der Waals surface area contributed by atoms with Crippen molar-refractivity contribution in [3.63, 3.8) is 0 Å². The van der Waals surface area contributed by atoms with E-state index in [0.717, 1.165) is 17.3 Å². The zero-order chi connectivity index (χ0) is 15.6. The van der Waals surface area contributed by atoms with Crippen molar-refractivity contribution in [1.82, 2.24) is 9.88 Å². The summed E-state index contributed by atoms with van der Waals surface area (Å²) < 4.78 is 2.77. The predicted octanol–water partition coefficient (Wildman–Crippen LogP) is 3.06. The Morgan fingerprint density at radius 3 is 2.81 bits per heavy atom. The first-order chi connectivity index (χ1) is 9.90. The highest BCUT2D eigenvalue weighted by Gasteiger charge is 2.33. The van der Waals surface area contributed by atoms with Gasteiger partial charge >= 0.3 is 5.97 Å². The molecule has 0 aliphatic heterocycles. The zero-order valence-electron chi connectivity index (χ0n) is 12.3. The van der Waals surface area contributed by atoms with E-state index in [2.05, 4.69) is 21.2 Å². The van der Waals surface area contributed by atoms with Crippen LogP contribution in [0.25, 0.3) is 0 Å². The highest BCUT2D eigenvalue weighted by atomic mass is 79.9. The van der Waals surface area contributed by atoms with Gasteiger partial charge in [-0.1, -0.05) is 6.42 Å². The third-order valence-corrected chi connectivity index (χ3v) is 4.54. The monoisotopic (exact) mass is 356 g/mol. The topological polar surface area (TPSA) is 71.3 Å². The number of carbonyl (C=O) groups is 2. The van der Waals surface area contributed by atoms with Crippen LogP contribution in [-0.4, -0.2) is 28.1 Å². The van der Waals surface area contributed by atoms with Gasteiger partial charge in [0.05, 0.1) is 5.92 Å². The first-order valence-corrected chi connectivity index (χ1v) is 8.07. The number of aliphatic carboxylic acids is 1. The Morgan fingerprint density at radius 2 is 2.19 bits per heavy atom. The van der Waals surface area contributed by atoms with E-state index in [9.17, 15) is 9.59 Å². The average molecular weight is 357 g/mol. The number of carboxylic acid groups (broad SMARTS) is 1. The summed E-state index contributed by atoms with van der Waals surface area (Å²) in [6, 6.07) is 1.98. The Morgan fingerprint density at radius 1 is 1.48 bits per heavy atom. The Hall–Kier alpha value is -1.30. The fraction of sp³-hybridized carbons (Fsp3) is 0.600. The van der Waals surface area contributed by atoms with E-state index >= 15 is 0 Å². The maximum atomic E-state index is 12.3. The molecule has 2 unspecified atom stereocenters. The van der Waals surface area contributed by atoms with Crippen molar-refractivity contribution in [2.45, 2.75) is 39.2 Å². The quantitative estimate of drug-likeness (QED) is 0.851. The van der Waals surface area contributed by atoms with E-state index in [0.29, 0.717) is 18.7 Å². The number of amides is 1. The fourth-order valence-corrected chi connectivity index (χ4v) is 3.41. The number of hydrogen-bond acceptors (Lipinski definition) is 2. The van der Waals surface area contributed by atoms with Gasteiger partial charge in [-0.2, -0.15) is 0 Å². The number of halogens is 1. The molecule has 1 aromatic heterocycles. The summed E-state index contributed by atoms with van der Waals surface area (Å²) in [7, 11) is 0. The van der Waals surface area contributed by atoms with Gasteiger partial charge in [-0.15, -0.1) is 0 Å². The van der Waals surface area contributed by atoms with Crippen LogP contribution in [-0.2, 0) is 4.79 Å². The van der Waals surface area contributed by atoms with Gasteiger partial charge < -0.3 is 15.0 Å². The summed E-state index contributed by atoms with van der Waals surface area (Å²) in [5, 5.41) is 12.1. The Bertz CT molecular complexity index is 539. The van der Waals surface area contributed by atoms with Crippen molar-refractivity contribution < 1.29 is 14.7 Å². The minimum atomic E-state index is -0.750. The second kappa shape index (κ2) is 6.64. The number of nitrogens with zero attached hydrogens (tertiary/aromatic N) is 1. The van der Waals surface area contributed by atoms with Crippen LogP contribution in [0, 0.1) is 11.8 Å². The summed E-state index contributed by atoms with van der Waals surface area (Å²) >= 11 is 3.39. The lowest BCUT2D eigenvalue weighted by molar-refractivity contribution is -0.142. The molecular formula is C15H21BrN2O3. The van der Waals surface area contributed by atoms with Crippen molar-refractivity contribution in [3.05, 3.63) is 22.4 Å². The van der Waals surface area contributed by atoms with Crippen LogP contribution < -0.4 is 5.32 Å². The molecule has 0 radical (unpaired) electrons. The molecule has 2 atom stereocenters. The smallest absolute Gasteiger partial charge is 0.306 e. The maximum absolute atomic E-state index is 12.3. The number of carbonyl (C=O) groups excluding carboxylic acids is 1. The Kier molecular flexibility index (Phi) is 5.08. The summed E-state index contributed by atoms with van der Waals surface area (Å²) in [5.41, 5.74) is 0.599. The summed E-state index contributed by atoms with van der Waals surface area (Å²) in [6.45, 7) is 4.46. The molecule has 1 heterocycles. The highest BCUT2D eigenvalue weighted by molar-refractivity contribution is 9.10. The zero-order valence-corrected chi connectivity index (χ0v) is 13.9. The lowest BCUT2D eigenvalue weighted by atomic mass is 9.96. The lowest BCUT2D eigenvalue weighted by Crippen LogP contribution is -2.34. The third-order valence-electron chi connectivity index (χ3n) is 4.11. The van der Waals surface area contributed by atoms with E-state index in [1.807, 2.05) is 24.6 Å². The first kappa shape index (κ1) is 16.1. The van der Waals surface area contributed by atoms with E-state index in [1.165, 1.54) is 0 Å². The molecule has 1 amide bonds. The SMILES string of the molecule is CC(C)n1cc(Br)cc1C(=O)NCC1CCCC1C(=O)O. The Balaban J connectivity index is 2.01. The average Bonchev–Trinajstić information content (AvgIpc) is 3.01. The molecule has 116 valence electrons. The minimum absolute atomic E-state index is 0.0392. The molecule has 1 aromatic rings. The molecule has 1 fully saturated rings. The van der Waals surface area contributed by atoms with Crippen molar-refractivity contribution in [3.8, 4) is 0 Å². The molecule has 2 N–H and O–H groups in total. The van der Waals surface area contributed by atoms with Gasteiger partial charge in [0.1, 0.15) is 5.69 Å². The van der Waals surface area contributed by atoms with E-state index in [1.54, 1.807) is 6.07 Å². The highest BCUT2D eigenvalue weighted by Crippen LogP contribution is 2.31. The van der Waals surface area contributed by atoms with Crippen LogP contribution in [0.15, 0.2) is 16.7 Å². The van der Waals surface area contributed by atoms with Gasteiger partial charge in [-0.25, -0.2) is 0 Å². The van der Waals surface area contributed by atoms with Crippen molar-refractivity contribution in [2.24, 2.45) is 11.8 Å². The van der Waals surface area contributed by atoms with Gasteiger partial charge in [0.25, 0.3) is 5.91 Å². The normalized spacial score (nSPS) is 21.7. The van der Waals surface area contributed by atoms with Crippen LogP contribution in [0.5, 0.6) is 0 Å². The van der Waals surface area contributed by atoms with Gasteiger partial charge in [0.2, 0.25) is 0 Å². The number of hydrogen-bond donors (Lipinski definition) is 2. The molecule has 0 spiro atoms. The molecular weight excluding hydrogens is 336 g/mol. The number of rotatable bonds is 5. The van der Waals surface area contributed by atoms with Crippen LogP contribution in [0.2, 0.25) is 0 Å². The number of carboxylic acids is 1. The van der Waals surface area contributed by atoms with Crippen molar-refractivity contribution in [2.75, 3.05) is 6.54 Å². The van der Waals surface area contributed by atoms with Gasteiger partial charge in [-0.05, 0) is 54.6 Å². The van der Waals surface area contributed by atoms with Crippen LogP contribution in [0.4, 0.5) is 0 Å². The van der Waals surface area contributed by atoms with Gasteiger partial charge in [0, 0.05) is 23.3 Å². The van der Waals surface area contributed by atoms with Crippen LogP contribution >= 0.6 is 15.9 Å². The molecule has 1 aliphatic carbocycles. The van der Waals surface area contributed by atoms with Gasteiger partial charge in [0.15, 0.2) is 0 Å². The molecule has 0 aromatic carbocycles. The maximum Gasteiger partial charge on any atom is 0.306 e. The molecule has 1 aliphatic rings. The molecule has 6 heteroatoms. The molecule has 2 rings (SSSR count). The molecule has 5 nitrogen and oxygen atoms in total. The van der Waals surface area contributed by atoms with E-state index < -0.39 is 5.97 Å². The fourth-order valence-electron chi connectivity index (χ4n) is 2.98. The number of aromatic nitrogens is 1. The van der Waals surface area contributed by atoms with Crippen molar-refractivity contribution in [1.29, 1.82) is 0 Å². The lowest BCUT2D eigenvalue weighted by Gasteiger charge is -2.17. The van der Waals surface area contributed by atoms with Gasteiger partial charge in [-0.3, -0.25) is 9.59 Å². The summed E-state index contributed by atoms with van der Waals surface area (Å²) in [6.07, 6.45) is 4.39. The largest absolute Gasteiger partial charge is 0.481 e. The third kappa shape index (κ3) is 3.67. The molecule has 0 bridgehead atoms. The Labute approximate surface area is 132 Å². The molecule has 0 saturated heterocycles. The second-order valence-electron chi connectivity index (χ2n) is 5.89.